The molecule has 0 aromatic rings. The quantitative estimate of drug-likeness (QED) is 0.184. The van der Waals surface area contributed by atoms with Gasteiger partial charge in [0.15, 0.2) is 6.10 Å². The van der Waals surface area contributed by atoms with E-state index in [2.05, 4.69) is 13.5 Å². The second kappa shape index (κ2) is 13.9. The van der Waals surface area contributed by atoms with Gasteiger partial charge in [-0.25, -0.2) is 4.79 Å². The summed E-state index contributed by atoms with van der Waals surface area (Å²) >= 11 is 0. The molecule has 0 aliphatic rings. The molecular weight excluding hydrogens is 304 g/mol. The molecule has 4 nitrogen and oxygen atoms in total. The van der Waals surface area contributed by atoms with Crippen LogP contribution >= 0.6 is 0 Å². The standard InChI is InChI=1S/C20H34O4/c1-5-7-8-9-10-11-12-13-14-15-18(19(22)17(21)6-2)24-20(23)16(3)4/h18H,3,5-15H2,1-2,4H3. The molecule has 138 valence electrons. The molecule has 0 fully saturated rings. The summed E-state index contributed by atoms with van der Waals surface area (Å²) in [5, 5.41) is 0. The first-order valence-electron chi connectivity index (χ1n) is 9.37. The molecule has 0 amide bonds. The van der Waals surface area contributed by atoms with E-state index in [4.69, 9.17) is 4.74 Å². The van der Waals surface area contributed by atoms with Crippen molar-refractivity contribution in [2.45, 2.75) is 97.5 Å². The van der Waals surface area contributed by atoms with Gasteiger partial charge < -0.3 is 4.74 Å². The molecule has 0 aromatic carbocycles. The van der Waals surface area contributed by atoms with Gasteiger partial charge in [-0.3, -0.25) is 9.59 Å². The smallest absolute Gasteiger partial charge is 0.333 e. The highest BCUT2D eigenvalue weighted by atomic mass is 16.5. The Labute approximate surface area is 147 Å². The molecule has 0 rings (SSSR count). The van der Waals surface area contributed by atoms with E-state index in [1.54, 1.807) is 6.92 Å². The molecule has 0 heterocycles. The molecule has 0 radical (unpaired) electrons. The molecule has 0 N–H and O–H groups in total. The normalized spacial score (nSPS) is 11.8. The van der Waals surface area contributed by atoms with Crippen LogP contribution < -0.4 is 0 Å². The summed E-state index contributed by atoms with van der Waals surface area (Å²) < 4.78 is 5.16. The summed E-state index contributed by atoms with van der Waals surface area (Å²) in [6.45, 7) is 8.89. The predicted molar refractivity (Wildman–Crippen MR) is 96.8 cm³/mol. The fourth-order valence-corrected chi connectivity index (χ4v) is 2.47. The lowest BCUT2D eigenvalue weighted by Crippen LogP contribution is -2.33. The van der Waals surface area contributed by atoms with Crippen LogP contribution in [-0.4, -0.2) is 23.6 Å². The van der Waals surface area contributed by atoms with Gasteiger partial charge in [0.2, 0.25) is 11.6 Å². The zero-order chi connectivity index (χ0) is 18.4. The van der Waals surface area contributed by atoms with Crippen molar-refractivity contribution in [3.63, 3.8) is 0 Å². The fourth-order valence-electron chi connectivity index (χ4n) is 2.47. The minimum atomic E-state index is -0.953. The van der Waals surface area contributed by atoms with Crippen LogP contribution in [-0.2, 0) is 19.1 Å². The van der Waals surface area contributed by atoms with Crippen LogP contribution in [0.15, 0.2) is 12.2 Å². The number of unbranched alkanes of at least 4 members (excludes halogenated alkanes) is 8. The second-order valence-electron chi connectivity index (χ2n) is 6.43. The largest absolute Gasteiger partial charge is 0.450 e. The molecule has 0 bridgehead atoms. The molecule has 0 aliphatic carbocycles. The average molecular weight is 338 g/mol. The number of esters is 1. The van der Waals surface area contributed by atoms with Gasteiger partial charge >= 0.3 is 5.97 Å². The molecular formula is C20H34O4. The molecule has 0 aliphatic heterocycles. The Kier molecular flexibility index (Phi) is 13.1. The van der Waals surface area contributed by atoms with Crippen molar-refractivity contribution in [3.05, 3.63) is 12.2 Å². The van der Waals surface area contributed by atoms with Gasteiger partial charge in [0.25, 0.3) is 0 Å². The van der Waals surface area contributed by atoms with E-state index in [-0.39, 0.29) is 12.0 Å². The van der Waals surface area contributed by atoms with Crippen LogP contribution in [0, 0.1) is 0 Å². The third-order valence-corrected chi connectivity index (χ3v) is 4.06. The van der Waals surface area contributed by atoms with E-state index in [0.29, 0.717) is 6.42 Å². The lowest BCUT2D eigenvalue weighted by Gasteiger charge is -2.16. The van der Waals surface area contributed by atoms with Crippen LogP contribution in [0.25, 0.3) is 0 Å². The summed E-state index contributed by atoms with van der Waals surface area (Å²) in [6.07, 6.45) is 10.1. The van der Waals surface area contributed by atoms with Crippen LogP contribution in [0.2, 0.25) is 0 Å². The van der Waals surface area contributed by atoms with Gasteiger partial charge in [0.1, 0.15) is 0 Å². The van der Waals surface area contributed by atoms with E-state index in [0.717, 1.165) is 19.3 Å². The second-order valence-corrected chi connectivity index (χ2v) is 6.43. The summed E-state index contributed by atoms with van der Waals surface area (Å²) in [6, 6.07) is 0. The monoisotopic (exact) mass is 338 g/mol. The molecule has 0 saturated carbocycles. The summed E-state index contributed by atoms with van der Waals surface area (Å²) in [5.74, 6) is -1.68. The summed E-state index contributed by atoms with van der Waals surface area (Å²) in [5.41, 5.74) is 0.240. The number of ketones is 2. The van der Waals surface area contributed by atoms with Gasteiger partial charge in [0, 0.05) is 12.0 Å². The van der Waals surface area contributed by atoms with E-state index < -0.39 is 23.6 Å². The number of carbonyl (C=O) groups is 3. The van der Waals surface area contributed by atoms with Crippen LogP contribution in [0.1, 0.15) is 91.4 Å². The topological polar surface area (TPSA) is 60.4 Å². The molecule has 4 heteroatoms. The third kappa shape index (κ3) is 10.3. The van der Waals surface area contributed by atoms with E-state index in [1.165, 1.54) is 45.4 Å². The maximum absolute atomic E-state index is 12.0. The first-order chi connectivity index (χ1) is 11.4. The van der Waals surface area contributed by atoms with Crippen molar-refractivity contribution in [3.8, 4) is 0 Å². The summed E-state index contributed by atoms with van der Waals surface area (Å²) in [7, 11) is 0. The number of hydrogen-bond donors (Lipinski definition) is 0. The third-order valence-electron chi connectivity index (χ3n) is 4.06. The Morgan fingerprint density at radius 2 is 1.38 bits per heavy atom. The molecule has 0 aromatic heterocycles. The Hall–Kier alpha value is -1.45. The lowest BCUT2D eigenvalue weighted by atomic mass is 10.0. The zero-order valence-electron chi connectivity index (χ0n) is 15.7. The predicted octanol–water partition coefficient (Wildman–Crippen LogP) is 4.94. The van der Waals surface area contributed by atoms with Crippen molar-refractivity contribution in [1.29, 1.82) is 0 Å². The molecule has 1 unspecified atom stereocenters. The van der Waals surface area contributed by atoms with Crippen LogP contribution in [0.5, 0.6) is 0 Å². The Morgan fingerprint density at radius 1 is 0.875 bits per heavy atom. The number of rotatable bonds is 15. The zero-order valence-corrected chi connectivity index (χ0v) is 15.7. The number of ether oxygens (including phenoxy) is 1. The van der Waals surface area contributed by atoms with Crippen LogP contribution in [0.4, 0.5) is 0 Å². The highest BCUT2D eigenvalue weighted by molar-refractivity contribution is 6.39. The van der Waals surface area contributed by atoms with E-state index in [9.17, 15) is 14.4 Å². The SMILES string of the molecule is C=C(C)C(=O)OC(CCCCCCCCCCC)C(=O)C(=O)CC. The van der Waals surface area contributed by atoms with Crippen LogP contribution in [0.3, 0.4) is 0 Å². The van der Waals surface area contributed by atoms with Crippen molar-refractivity contribution < 1.29 is 19.1 Å². The van der Waals surface area contributed by atoms with E-state index >= 15 is 0 Å². The highest BCUT2D eigenvalue weighted by Gasteiger charge is 2.27. The Balaban J connectivity index is 4.13. The lowest BCUT2D eigenvalue weighted by molar-refractivity contribution is -0.154. The van der Waals surface area contributed by atoms with E-state index in [1.807, 2.05) is 0 Å². The van der Waals surface area contributed by atoms with Crippen molar-refractivity contribution in [1.82, 2.24) is 0 Å². The fraction of sp³-hybridized carbons (Fsp3) is 0.750. The minimum absolute atomic E-state index is 0.137. The highest BCUT2D eigenvalue weighted by Crippen LogP contribution is 2.14. The molecule has 0 saturated heterocycles. The van der Waals surface area contributed by atoms with Crippen molar-refractivity contribution in [2.24, 2.45) is 0 Å². The molecule has 24 heavy (non-hydrogen) atoms. The van der Waals surface area contributed by atoms with Gasteiger partial charge in [-0.2, -0.15) is 0 Å². The first kappa shape index (κ1) is 22.6. The maximum atomic E-state index is 12.0. The van der Waals surface area contributed by atoms with Crippen molar-refractivity contribution >= 4 is 17.5 Å². The Morgan fingerprint density at radius 3 is 1.83 bits per heavy atom. The molecule has 1 atom stereocenters. The van der Waals surface area contributed by atoms with Gasteiger partial charge in [-0.05, 0) is 19.8 Å². The van der Waals surface area contributed by atoms with Gasteiger partial charge in [-0.1, -0.05) is 71.8 Å². The number of hydrogen-bond acceptors (Lipinski definition) is 4. The first-order valence-corrected chi connectivity index (χ1v) is 9.37. The summed E-state index contributed by atoms with van der Waals surface area (Å²) in [4.78, 5) is 35.3. The van der Waals surface area contributed by atoms with Gasteiger partial charge in [0.05, 0.1) is 0 Å². The molecule has 0 spiro atoms. The maximum Gasteiger partial charge on any atom is 0.333 e. The number of carbonyl (C=O) groups excluding carboxylic acids is 3. The average Bonchev–Trinajstić information content (AvgIpc) is 2.57. The Bertz CT molecular complexity index is 412. The van der Waals surface area contributed by atoms with Crippen molar-refractivity contribution in [2.75, 3.05) is 0 Å². The number of Topliss-reactive ketones (excluding diaryl/α,β-unsaturated/α-hetero) is 2. The minimum Gasteiger partial charge on any atom is -0.450 e. The van der Waals surface area contributed by atoms with Gasteiger partial charge in [-0.15, -0.1) is 0 Å².